The van der Waals surface area contributed by atoms with Gasteiger partial charge in [-0.3, -0.25) is 20.2 Å². The normalized spacial score (nSPS) is 16.0. The predicted octanol–water partition coefficient (Wildman–Crippen LogP) is 2.67. The number of unbranched alkanes of at least 4 members (excludes halogenated alkanes) is 5. The molecule has 0 aliphatic carbocycles. The summed E-state index contributed by atoms with van der Waals surface area (Å²) < 4.78 is 0. The van der Waals surface area contributed by atoms with Crippen LogP contribution in [-0.2, 0) is 4.79 Å². The van der Waals surface area contributed by atoms with Gasteiger partial charge in [-0.1, -0.05) is 38.3 Å². The summed E-state index contributed by atoms with van der Waals surface area (Å²) in [5.41, 5.74) is 0. The Morgan fingerprint density at radius 1 is 0.889 bits per heavy atom. The summed E-state index contributed by atoms with van der Waals surface area (Å²) in [5.74, 6) is 0. The lowest BCUT2D eigenvalue weighted by Gasteiger charge is -2.20. The largest absolute Gasteiger partial charge is 0.386 e. The van der Waals surface area contributed by atoms with Crippen LogP contribution in [0.3, 0.4) is 0 Å². The van der Waals surface area contributed by atoms with Crippen molar-refractivity contribution in [1.29, 1.82) is 0 Å². The van der Waals surface area contributed by atoms with Crippen molar-refractivity contribution in [3.63, 3.8) is 0 Å². The van der Waals surface area contributed by atoms with Crippen LogP contribution in [0.2, 0.25) is 0 Å². The molecule has 0 aromatic carbocycles. The van der Waals surface area contributed by atoms with E-state index in [9.17, 15) is 35.2 Å². The van der Waals surface area contributed by atoms with Crippen molar-refractivity contribution >= 4 is 6.29 Å². The standard InChI is InChI=1S/C18H32N2O7/c1-2-3-4-5-6-8-11-17(22)15(19(24)25)14-16(20(26)27)18(23)12-9-7-10-13-21/h6,8,13,15-18,22-23H,2-5,7,9-12,14H2,1H3/b8-6-. The maximum atomic E-state index is 11.3. The van der Waals surface area contributed by atoms with Gasteiger partial charge in [0.1, 0.15) is 18.5 Å². The van der Waals surface area contributed by atoms with Crippen molar-refractivity contribution in [2.75, 3.05) is 0 Å². The van der Waals surface area contributed by atoms with Crippen LogP contribution in [0.15, 0.2) is 12.2 Å². The van der Waals surface area contributed by atoms with E-state index < -0.39 is 40.6 Å². The molecule has 0 heterocycles. The van der Waals surface area contributed by atoms with Crippen molar-refractivity contribution in [3.8, 4) is 0 Å². The lowest BCUT2D eigenvalue weighted by atomic mass is 9.94. The van der Waals surface area contributed by atoms with Gasteiger partial charge in [0.15, 0.2) is 0 Å². The number of hydrogen-bond acceptors (Lipinski definition) is 7. The minimum atomic E-state index is -1.53. The Morgan fingerprint density at radius 2 is 1.48 bits per heavy atom. The SMILES string of the molecule is CCCCC/C=C\CC(O)C(CC(C(O)CCCCC=O)[N+](=O)[O-])[N+](=O)[O-]. The molecule has 0 bridgehead atoms. The van der Waals surface area contributed by atoms with Crippen LogP contribution < -0.4 is 0 Å². The van der Waals surface area contributed by atoms with Gasteiger partial charge in [0.05, 0.1) is 6.42 Å². The fourth-order valence-corrected chi connectivity index (χ4v) is 2.81. The van der Waals surface area contributed by atoms with Crippen LogP contribution in [0.1, 0.15) is 71.1 Å². The molecule has 0 aromatic rings. The number of hydrogen-bond donors (Lipinski definition) is 2. The number of aliphatic hydroxyl groups excluding tert-OH is 2. The maximum Gasteiger partial charge on any atom is 0.245 e. The lowest BCUT2D eigenvalue weighted by Crippen LogP contribution is -2.43. The van der Waals surface area contributed by atoms with Gasteiger partial charge >= 0.3 is 0 Å². The lowest BCUT2D eigenvalue weighted by molar-refractivity contribution is -0.573. The van der Waals surface area contributed by atoms with Gasteiger partial charge < -0.3 is 15.0 Å². The fourth-order valence-electron chi connectivity index (χ4n) is 2.81. The molecule has 0 saturated carbocycles. The van der Waals surface area contributed by atoms with E-state index in [4.69, 9.17) is 0 Å². The smallest absolute Gasteiger partial charge is 0.245 e. The summed E-state index contributed by atoms with van der Waals surface area (Å²) in [6, 6.07) is -3.05. The van der Waals surface area contributed by atoms with Crippen LogP contribution in [-0.4, -0.2) is 50.6 Å². The average Bonchev–Trinajstić information content (AvgIpc) is 2.61. The first-order valence-corrected chi connectivity index (χ1v) is 9.56. The van der Waals surface area contributed by atoms with E-state index in [0.717, 1.165) is 32.0 Å². The fraction of sp³-hybridized carbons (Fsp3) is 0.833. The third-order valence-electron chi connectivity index (χ3n) is 4.50. The Kier molecular flexibility index (Phi) is 14.2. The molecule has 0 aliphatic rings. The van der Waals surface area contributed by atoms with Gasteiger partial charge in [0.25, 0.3) is 0 Å². The topological polar surface area (TPSA) is 144 Å². The number of carbonyl (C=O) groups is 1. The van der Waals surface area contributed by atoms with E-state index in [-0.39, 0.29) is 12.8 Å². The molecule has 0 saturated heterocycles. The highest BCUT2D eigenvalue weighted by molar-refractivity contribution is 5.48. The van der Waals surface area contributed by atoms with Gasteiger partial charge in [-0.2, -0.15) is 0 Å². The highest BCUT2D eigenvalue weighted by Gasteiger charge is 2.40. The Bertz CT molecular complexity index is 471. The predicted molar refractivity (Wildman–Crippen MR) is 101 cm³/mol. The van der Waals surface area contributed by atoms with Crippen LogP contribution in [0.4, 0.5) is 0 Å². The number of carbonyl (C=O) groups excluding carboxylic acids is 1. The highest BCUT2D eigenvalue weighted by Crippen LogP contribution is 2.18. The Morgan fingerprint density at radius 3 is 2.04 bits per heavy atom. The molecule has 0 spiro atoms. The van der Waals surface area contributed by atoms with E-state index in [2.05, 4.69) is 6.92 Å². The molecule has 9 heteroatoms. The van der Waals surface area contributed by atoms with Crippen molar-refractivity contribution in [2.24, 2.45) is 0 Å². The zero-order valence-electron chi connectivity index (χ0n) is 15.9. The molecule has 2 N–H and O–H groups in total. The van der Waals surface area contributed by atoms with Crippen LogP contribution in [0.25, 0.3) is 0 Å². The molecule has 0 aliphatic heterocycles. The number of allylic oxidation sites excluding steroid dienone is 1. The number of nitrogens with zero attached hydrogens (tertiary/aromatic N) is 2. The zero-order valence-corrected chi connectivity index (χ0v) is 15.9. The number of rotatable bonds is 17. The molecule has 4 atom stereocenters. The zero-order chi connectivity index (χ0) is 20.7. The molecule has 27 heavy (non-hydrogen) atoms. The van der Waals surface area contributed by atoms with E-state index >= 15 is 0 Å². The third-order valence-corrected chi connectivity index (χ3v) is 4.50. The Hall–Kier alpha value is -1.87. The quantitative estimate of drug-likeness (QED) is 0.128. The maximum absolute atomic E-state index is 11.3. The average molecular weight is 388 g/mol. The minimum Gasteiger partial charge on any atom is -0.386 e. The van der Waals surface area contributed by atoms with Gasteiger partial charge in [-0.05, 0) is 32.1 Å². The second-order valence-corrected chi connectivity index (χ2v) is 6.73. The van der Waals surface area contributed by atoms with Crippen LogP contribution in [0.5, 0.6) is 0 Å². The Labute approximate surface area is 159 Å². The molecule has 4 unspecified atom stereocenters. The van der Waals surface area contributed by atoms with Gasteiger partial charge in [0.2, 0.25) is 12.1 Å². The van der Waals surface area contributed by atoms with Gasteiger partial charge in [0, 0.05) is 16.3 Å². The molecule has 9 nitrogen and oxygen atoms in total. The molecular formula is C18H32N2O7. The molecule has 156 valence electrons. The molecule has 0 radical (unpaired) electrons. The summed E-state index contributed by atoms with van der Waals surface area (Å²) in [5, 5.41) is 42.7. The molecule has 0 rings (SSSR count). The van der Waals surface area contributed by atoms with Crippen molar-refractivity contribution < 1.29 is 24.9 Å². The van der Waals surface area contributed by atoms with Crippen molar-refractivity contribution in [3.05, 3.63) is 32.4 Å². The molecule has 0 aromatic heterocycles. The Balaban J connectivity index is 4.72. The second kappa shape index (κ2) is 15.2. The summed E-state index contributed by atoms with van der Waals surface area (Å²) in [6.45, 7) is 2.08. The van der Waals surface area contributed by atoms with Crippen LogP contribution >= 0.6 is 0 Å². The van der Waals surface area contributed by atoms with Gasteiger partial charge in [-0.25, -0.2) is 0 Å². The highest BCUT2D eigenvalue weighted by atomic mass is 16.6. The molecule has 0 amide bonds. The van der Waals surface area contributed by atoms with E-state index in [1.807, 2.05) is 6.08 Å². The molecule has 0 fully saturated rings. The number of aldehydes is 1. The monoisotopic (exact) mass is 388 g/mol. The summed E-state index contributed by atoms with van der Waals surface area (Å²) in [4.78, 5) is 31.3. The van der Waals surface area contributed by atoms with Crippen molar-refractivity contribution in [2.45, 2.75) is 95.4 Å². The van der Waals surface area contributed by atoms with E-state index in [1.54, 1.807) is 6.08 Å². The summed E-state index contributed by atoms with van der Waals surface area (Å²) in [6.07, 6.45) is 6.30. The van der Waals surface area contributed by atoms with Crippen LogP contribution in [0, 0.1) is 20.2 Å². The molecular weight excluding hydrogens is 356 g/mol. The number of nitro groups is 2. The minimum absolute atomic E-state index is 0.0393. The number of aliphatic hydroxyl groups is 2. The van der Waals surface area contributed by atoms with E-state index in [0.29, 0.717) is 19.3 Å². The van der Waals surface area contributed by atoms with Gasteiger partial charge in [-0.15, -0.1) is 0 Å². The third kappa shape index (κ3) is 11.4. The summed E-state index contributed by atoms with van der Waals surface area (Å²) >= 11 is 0. The van der Waals surface area contributed by atoms with E-state index in [1.165, 1.54) is 0 Å². The first-order chi connectivity index (χ1) is 12.8. The van der Waals surface area contributed by atoms with Crippen molar-refractivity contribution in [1.82, 2.24) is 0 Å². The second-order valence-electron chi connectivity index (χ2n) is 6.73. The first-order valence-electron chi connectivity index (χ1n) is 9.56. The summed E-state index contributed by atoms with van der Waals surface area (Å²) in [7, 11) is 0. The first kappa shape index (κ1) is 25.1.